The Bertz CT molecular complexity index is 362. The molecule has 0 bridgehead atoms. The first-order valence-corrected chi connectivity index (χ1v) is 4.65. The van der Waals surface area contributed by atoms with E-state index in [9.17, 15) is 10.2 Å². The molecule has 0 aliphatic carbocycles. The number of nitrogens with zero attached hydrogens (tertiary/aromatic N) is 3. The molecule has 1 aromatic rings. The molecule has 0 saturated carbocycles. The Morgan fingerprint density at radius 2 is 1.93 bits per heavy atom. The Kier molecular flexibility index (Phi) is 4.39. The van der Waals surface area contributed by atoms with E-state index in [1.165, 1.54) is 0 Å². The zero-order valence-electron chi connectivity index (χ0n) is 7.79. The van der Waals surface area contributed by atoms with Crippen molar-refractivity contribution in [1.82, 2.24) is 0 Å². The fourth-order valence-electron chi connectivity index (χ4n) is 1.10. The number of benzene rings is 1. The third-order valence-corrected chi connectivity index (χ3v) is 2.16. The van der Waals surface area contributed by atoms with Crippen molar-refractivity contribution in [2.45, 2.75) is 12.2 Å². The van der Waals surface area contributed by atoms with Gasteiger partial charge in [0.15, 0.2) is 0 Å². The molecule has 0 amide bonds. The zero-order chi connectivity index (χ0) is 11.3. The SMILES string of the molecule is [N-]=[N+]=NCC(O)C(O)c1ccc(Cl)cc1. The second-order valence-corrected chi connectivity index (χ2v) is 3.41. The van der Waals surface area contributed by atoms with Crippen molar-refractivity contribution in [3.63, 3.8) is 0 Å². The number of hydrogen-bond donors (Lipinski definition) is 2. The van der Waals surface area contributed by atoms with E-state index in [0.717, 1.165) is 0 Å². The van der Waals surface area contributed by atoms with Gasteiger partial charge in [0, 0.05) is 9.93 Å². The lowest BCUT2D eigenvalue weighted by molar-refractivity contribution is 0.0244. The van der Waals surface area contributed by atoms with Gasteiger partial charge in [0.2, 0.25) is 0 Å². The van der Waals surface area contributed by atoms with Gasteiger partial charge < -0.3 is 10.2 Å². The largest absolute Gasteiger partial charge is 0.390 e. The average molecular weight is 228 g/mol. The highest BCUT2D eigenvalue weighted by Gasteiger charge is 2.16. The first-order valence-electron chi connectivity index (χ1n) is 4.27. The summed E-state index contributed by atoms with van der Waals surface area (Å²) in [6, 6.07) is 6.43. The number of rotatable bonds is 4. The molecule has 6 heteroatoms. The molecule has 2 atom stereocenters. The summed E-state index contributed by atoms with van der Waals surface area (Å²) < 4.78 is 0. The molecule has 2 unspecified atom stereocenters. The maximum atomic E-state index is 9.63. The Morgan fingerprint density at radius 1 is 1.33 bits per heavy atom. The highest BCUT2D eigenvalue weighted by atomic mass is 35.5. The Balaban J connectivity index is 2.70. The lowest BCUT2D eigenvalue weighted by atomic mass is 10.0. The van der Waals surface area contributed by atoms with E-state index in [1.54, 1.807) is 24.3 Å². The summed E-state index contributed by atoms with van der Waals surface area (Å²) >= 11 is 5.67. The summed E-state index contributed by atoms with van der Waals surface area (Å²) in [5, 5.41) is 22.8. The van der Waals surface area contributed by atoms with Gasteiger partial charge in [-0.05, 0) is 23.2 Å². The summed E-state index contributed by atoms with van der Waals surface area (Å²) in [7, 11) is 0. The third-order valence-electron chi connectivity index (χ3n) is 1.91. The quantitative estimate of drug-likeness (QED) is 0.468. The molecule has 0 radical (unpaired) electrons. The van der Waals surface area contributed by atoms with Crippen LogP contribution >= 0.6 is 11.6 Å². The first kappa shape index (κ1) is 11.8. The Labute approximate surface area is 91.6 Å². The van der Waals surface area contributed by atoms with Crippen molar-refractivity contribution in [3.05, 3.63) is 45.3 Å². The van der Waals surface area contributed by atoms with Gasteiger partial charge in [0.05, 0.1) is 12.6 Å². The summed E-state index contributed by atoms with van der Waals surface area (Å²) in [6.07, 6.45) is -2.19. The molecule has 15 heavy (non-hydrogen) atoms. The van der Waals surface area contributed by atoms with Crippen molar-refractivity contribution >= 4 is 11.6 Å². The molecular weight excluding hydrogens is 218 g/mol. The topological polar surface area (TPSA) is 89.2 Å². The van der Waals surface area contributed by atoms with Crippen LogP contribution in [0.15, 0.2) is 29.4 Å². The van der Waals surface area contributed by atoms with Gasteiger partial charge in [-0.3, -0.25) is 0 Å². The molecule has 0 heterocycles. The second-order valence-electron chi connectivity index (χ2n) is 2.98. The Morgan fingerprint density at radius 3 is 2.47 bits per heavy atom. The van der Waals surface area contributed by atoms with Gasteiger partial charge in [-0.1, -0.05) is 28.8 Å². The van der Waals surface area contributed by atoms with Crippen LogP contribution in [-0.4, -0.2) is 22.9 Å². The van der Waals surface area contributed by atoms with Crippen LogP contribution in [0, 0.1) is 0 Å². The standard InChI is InChI=1S/C9H10ClN3O2/c10-7-3-1-6(2-4-7)9(15)8(14)5-12-13-11/h1-4,8-9,14-15H,5H2. The van der Waals surface area contributed by atoms with Crippen LogP contribution in [0.2, 0.25) is 5.02 Å². The maximum absolute atomic E-state index is 9.63. The zero-order valence-corrected chi connectivity index (χ0v) is 8.54. The highest BCUT2D eigenvalue weighted by Crippen LogP contribution is 2.19. The lowest BCUT2D eigenvalue weighted by Crippen LogP contribution is -2.20. The van der Waals surface area contributed by atoms with E-state index in [-0.39, 0.29) is 6.54 Å². The van der Waals surface area contributed by atoms with E-state index in [4.69, 9.17) is 17.1 Å². The molecule has 1 rings (SSSR count). The fourth-order valence-corrected chi connectivity index (χ4v) is 1.23. The first-order chi connectivity index (χ1) is 7.15. The van der Waals surface area contributed by atoms with Crippen molar-refractivity contribution in [3.8, 4) is 0 Å². The van der Waals surface area contributed by atoms with Crippen LogP contribution in [0.5, 0.6) is 0 Å². The van der Waals surface area contributed by atoms with Crippen LogP contribution < -0.4 is 0 Å². The van der Waals surface area contributed by atoms with Gasteiger partial charge in [-0.15, -0.1) is 0 Å². The van der Waals surface area contributed by atoms with Crippen molar-refractivity contribution in [1.29, 1.82) is 0 Å². The minimum Gasteiger partial charge on any atom is -0.390 e. The van der Waals surface area contributed by atoms with Crippen molar-refractivity contribution < 1.29 is 10.2 Å². The van der Waals surface area contributed by atoms with Crippen LogP contribution in [0.25, 0.3) is 10.4 Å². The molecule has 0 aliphatic heterocycles. The summed E-state index contributed by atoms with van der Waals surface area (Å²) in [5.41, 5.74) is 8.58. The van der Waals surface area contributed by atoms with Gasteiger partial charge in [-0.2, -0.15) is 0 Å². The van der Waals surface area contributed by atoms with Crippen LogP contribution in [-0.2, 0) is 0 Å². The molecule has 5 nitrogen and oxygen atoms in total. The fraction of sp³-hybridized carbons (Fsp3) is 0.333. The molecule has 2 N–H and O–H groups in total. The molecule has 80 valence electrons. The molecule has 0 fully saturated rings. The van der Waals surface area contributed by atoms with E-state index < -0.39 is 12.2 Å². The number of aliphatic hydroxyl groups is 2. The maximum Gasteiger partial charge on any atom is 0.105 e. The minimum absolute atomic E-state index is 0.166. The van der Waals surface area contributed by atoms with Gasteiger partial charge in [0.25, 0.3) is 0 Å². The van der Waals surface area contributed by atoms with Crippen LogP contribution in [0.3, 0.4) is 0 Å². The molecule has 0 aliphatic rings. The number of halogens is 1. The summed E-state index contributed by atoms with van der Waals surface area (Å²) in [5.74, 6) is 0. The molecule has 1 aromatic carbocycles. The smallest absolute Gasteiger partial charge is 0.105 e. The third kappa shape index (κ3) is 3.42. The normalized spacial score (nSPS) is 14.1. The van der Waals surface area contributed by atoms with Crippen LogP contribution in [0.4, 0.5) is 0 Å². The predicted octanol–water partition coefficient (Wildman–Crippen LogP) is 2.04. The van der Waals surface area contributed by atoms with E-state index in [2.05, 4.69) is 10.0 Å². The highest BCUT2D eigenvalue weighted by molar-refractivity contribution is 6.30. The Hall–Kier alpha value is -1.26. The van der Waals surface area contributed by atoms with Gasteiger partial charge in [-0.25, -0.2) is 0 Å². The van der Waals surface area contributed by atoms with E-state index >= 15 is 0 Å². The van der Waals surface area contributed by atoms with E-state index in [1.807, 2.05) is 0 Å². The monoisotopic (exact) mass is 227 g/mol. The number of aliphatic hydroxyl groups excluding tert-OH is 2. The van der Waals surface area contributed by atoms with E-state index in [0.29, 0.717) is 10.6 Å². The summed E-state index contributed by atoms with van der Waals surface area (Å²) in [6.45, 7) is -0.166. The van der Waals surface area contributed by atoms with Crippen molar-refractivity contribution in [2.75, 3.05) is 6.54 Å². The van der Waals surface area contributed by atoms with Crippen molar-refractivity contribution in [2.24, 2.45) is 5.11 Å². The number of hydrogen-bond acceptors (Lipinski definition) is 3. The van der Waals surface area contributed by atoms with Crippen LogP contribution in [0.1, 0.15) is 11.7 Å². The second kappa shape index (κ2) is 5.58. The molecule has 0 spiro atoms. The molecular formula is C9H10ClN3O2. The average Bonchev–Trinajstić information content (AvgIpc) is 2.26. The minimum atomic E-state index is -1.11. The predicted molar refractivity (Wildman–Crippen MR) is 56.4 cm³/mol. The molecule has 0 saturated heterocycles. The lowest BCUT2D eigenvalue weighted by Gasteiger charge is -2.15. The van der Waals surface area contributed by atoms with Gasteiger partial charge in [0.1, 0.15) is 6.10 Å². The molecule has 0 aromatic heterocycles. The number of azide groups is 1. The van der Waals surface area contributed by atoms with Gasteiger partial charge >= 0.3 is 0 Å². The summed E-state index contributed by atoms with van der Waals surface area (Å²) in [4.78, 5) is 2.50.